The highest BCUT2D eigenvalue weighted by atomic mass is 16.8. The van der Waals surface area contributed by atoms with Gasteiger partial charge in [0.1, 0.15) is 67.1 Å². The Hall–Kier alpha value is -1.70. The monoisotopic (exact) mass is 633 g/mol. The third kappa shape index (κ3) is 7.41. The summed E-state index contributed by atoms with van der Waals surface area (Å²) in [6.45, 7) is -1.85. The molecule has 3 heterocycles. The molecule has 3 fully saturated rings. The number of carbonyl (C=O) groups is 2. The van der Waals surface area contributed by atoms with Crippen LogP contribution in [0.2, 0.25) is 0 Å². The lowest BCUT2D eigenvalue weighted by atomic mass is 9.88. The molecule has 0 aromatic carbocycles. The van der Waals surface area contributed by atoms with Crippen molar-refractivity contribution in [2.45, 2.75) is 111 Å². The highest BCUT2D eigenvalue weighted by Gasteiger charge is 2.60. The number of aliphatic carboxylic acids is 1. The topological polar surface area (TPSA) is 335 Å². The summed E-state index contributed by atoms with van der Waals surface area (Å²) in [5.41, 5.74) is 0. The maximum Gasteiger partial charge on any atom is 0.364 e. The van der Waals surface area contributed by atoms with Crippen LogP contribution in [0.1, 0.15) is 13.3 Å². The van der Waals surface area contributed by atoms with Gasteiger partial charge < -0.3 is 90.3 Å². The summed E-state index contributed by atoms with van der Waals surface area (Å²) >= 11 is 0. The maximum absolute atomic E-state index is 12.5. The summed E-state index contributed by atoms with van der Waals surface area (Å²) < 4.78 is 26.8. The molecule has 43 heavy (non-hydrogen) atoms. The Labute approximate surface area is 243 Å². The molecule has 250 valence electrons. The molecule has 0 aliphatic carbocycles. The van der Waals surface area contributed by atoms with Crippen molar-refractivity contribution in [2.75, 3.05) is 19.8 Å². The fourth-order valence-corrected chi connectivity index (χ4v) is 5.16. The van der Waals surface area contributed by atoms with Crippen molar-refractivity contribution in [3.8, 4) is 0 Å². The van der Waals surface area contributed by atoms with E-state index in [9.17, 15) is 70.9 Å². The standard InChI is InChI=1S/C23H39NO19/c1-6(28)24-11-7(29)2-23(22(37)38,42-18(11)12(31)8(30)3-25)43-19-13(32)9(4-26)40-21(16(19)35)41-17-10(5-27)39-20(36)15(34)14(17)33/h7-21,25-27,29-36H,2-5H2,1H3,(H,24,28)(H,37,38)/t7-,8-,9?,10?,11-,12-,13+,14?,15+,16+,17-,18?,19?,20?,21?,23+/m1/s1. The normalized spacial score (nSPS) is 45.3. The van der Waals surface area contributed by atoms with Gasteiger partial charge in [-0.15, -0.1) is 0 Å². The van der Waals surface area contributed by atoms with Gasteiger partial charge in [-0.25, -0.2) is 4.79 Å². The second-order valence-electron chi connectivity index (χ2n) is 10.5. The summed E-state index contributed by atoms with van der Waals surface area (Å²) in [6.07, 6.45) is -27.8. The number of hydrogen-bond donors (Lipinski definition) is 13. The fourth-order valence-electron chi connectivity index (χ4n) is 5.16. The van der Waals surface area contributed by atoms with Crippen LogP contribution in [0, 0.1) is 0 Å². The van der Waals surface area contributed by atoms with Crippen molar-refractivity contribution < 1.29 is 94.6 Å². The number of carboxylic acid groups (broad SMARTS) is 1. The van der Waals surface area contributed by atoms with Crippen LogP contribution in [0.5, 0.6) is 0 Å². The molecule has 3 saturated heterocycles. The zero-order chi connectivity index (χ0) is 32.4. The van der Waals surface area contributed by atoms with Crippen molar-refractivity contribution in [3.05, 3.63) is 0 Å². The number of nitrogens with one attached hydrogen (secondary N) is 1. The summed E-state index contributed by atoms with van der Waals surface area (Å²) in [4.78, 5) is 24.3. The SMILES string of the molecule is CC(=O)N[C@H]1C([C@H](O)[C@H](O)CO)O[C@@](OC2[C@H](O)C(O[C@@H]3C(CO)OC(O)[C@@H](O)C3O)OC(CO)[C@@H]2O)(C(=O)O)C[C@H]1O. The average Bonchev–Trinajstić information content (AvgIpc) is 2.96. The lowest BCUT2D eigenvalue weighted by molar-refractivity contribution is -0.385. The van der Waals surface area contributed by atoms with E-state index >= 15 is 0 Å². The summed E-state index contributed by atoms with van der Waals surface area (Å²) in [6, 6.07) is -1.54. The third-order valence-electron chi connectivity index (χ3n) is 7.47. The van der Waals surface area contributed by atoms with E-state index in [2.05, 4.69) is 5.32 Å². The molecule has 0 saturated carbocycles. The number of ether oxygens (including phenoxy) is 5. The lowest BCUT2D eigenvalue weighted by Crippen LogP contribution is -2.70. The second-order valence-corrected chi connectivity index (χ2v) is 10.5. The van der Waals surface area contributed by atoms with Crippen molar-refractivity contribution in [1.29, 1.82) is 0 Å². The first kappa shape index (κ1) is 35.8. The van der Waals surface area contributed by atoms with Gasteiger partial charge in [0.2, 0.25) is 5.91 Å². The second kappa shape index (κ2) is 14.6. The van der Waals surface area contributed by atoms with E-state index in [-0.39, 0.29) is 0 Å². The van der Waals surface area contributed by atoms with Crippen LogP contribution in [-0.2, 0) is 33.3 Å². The van der Waals surface area contributed by atoms with Gasteiger partial charge in [-0.2, -0.15) is 0 Å². The van der Waals surface area contributed by atoms with E-state index < -0.39 is 136 Å². The third-order valence-corrected chi connectivity index (χ3v) is 7.47. The molecule has 16 atom stereocenters. The van der Waals surface area contributed by atoms with Crippen LogP contribution in [0.25, 0.3) is 0 Å². The van der Waals surface area contributed by atoms with E-state index in [4.69, 9.17) is 23.7 Å². The highest BCUT2D eigenvalue weighted by Crippen LogP contribution is 2.38. The van der Waals surface area contributed by atoms with Gasteiger partial charge in [-0.1, -0.05) is 0 Å². The molecule has 20 heteroatoms. The number of carboxylic acids is 1. The Kier molecular flexibility index (Phi) is 12.1. The quantitative estimate of drug-likeness (QED) is 0.100. The molecule has 0 bridgehead atoms. The summed E-state index contributed by atoms with van der Waals surface area (Å²) in [5, 5.41) is 124. The molecule has 3 aliphatic heterocycles. The highest BCUT2D eigenvalue weighted by molar-refractivity contribution is 5.76. The zero-order valence-corrected chi connectivity index (χ0v) is 22.7. The fraction of sp³-hybridized carbons (Fsp3) is 0.913. The van der Waals surface area contributed by atoms with E-state index in [1.165, 1.54) is 0 Å². The molecular formula is C23H39NO19. The number of rotatable bonds is 11. The lowest BCUT2D eigenvalue weighted by Gasteiger charge is -2.50. The van der Waals surface area contributed by atoms with Crippen LogP contribution < -0.4 is 5.32 Å². The van der Waals surface area contributed by atoms with Crippen molar-refractivity contribution in [2.24, 2.45) is 0 Å². The minimum absolute atomic E-state index is 0.749. The number of aliphatic hydroxyl groups is 11. The molecule has 0 radical (unpaired) electrons. The zero-order valence-electron chi connectivity index (χ0n) is 22.7. The smallest absolute Gasteiger partial charge is 0.364 e. The van der Waals surface area contributed by atoms with Crippen LogP contribution in [0.3, 0.4) is 0 Å². The first-order valence-electron chi connectivity index (χ1n) is 13.2. The predicted octanol–water partition coefficient (Wildman–Crippen LogP) is -8.22. The van der Waals surface area contributed by atoms with E-state index in [1.54, 1.807) is 0 Å². The minimum atomic E-state index is -3.02. The molecule has 13 N–H and O–H groups in total. The van der Waals surface area contributed by atoms with Gasteiger partial charge in [0, 0.05) is 13.3 Å². The first-order chi connectivity index (χ1) is 20.1. The summed E-state index contributed by atoms with van der Waals surface area (Å²) in [7, 11) is 0. The van der Waals surface area contributed by atoms with Crippen molar-refractivity contribution in [1.82, 2.24) is 5.32 Å². The van der Waals surface area contributed by atoms with Gasteiger partial charge in [0.15, 0.2) is 12.6 Å². The Balaban J connectivity index is 1.94. The van der Waals surface area contributed by atoms with Crippen LogP contribution in [0.4, 0.5) is 0 Å². The van der Waals surface area contributed by atoms with Crippen molar-refractivity contribution >= 4 is 11.9 Å². The van der Waals surface area contributed by atoms with Gasteiger partial charge >= 0.3 is 5.97 Å². The Morgan fingerprint density at radius 3 is 2.07 bits per heavy atom. The largest absolute Gasteiger partial charge is 0.477 e. The van der Waals surface area contributed by atoms with E-state index in [0.717, 1.165) is 6.92 Å². The number of amides is 1. The molecule has 0 spiro atoms. The van der Waals surface area contributed by atoms with Crippen LogP contribution in [-0.4, -0.2) is 191 Å². The maximum atomic E-state index is 12.5. The van der Waals surface area contributed by atoms with Gasteiger partial charge in [0.05, 0.1) is 32.0 Å². The van der Waals surface area contributed by atoms with Crippen LogP contribution >= 0.6 is 0 Å². The molecule has 20 nitrogen and oxygen atoms in total. The minimum Gasteiger partial charge on any atom is -0.477 e. The number of carbonyl (C=O) groups excluding carboxylic acids is 1. The van der Waals surface area contributed by atoms with Crippen molar-refractivity contribution in [3.63, 3.8) is 0 Å². The molecule has 3 rings (SSSR count). The molecule has 0 aromatic heterocycles. The van der Waals surface area contributed by atoms with Gasteiger partial charge in [0.25, 0.3) is 5.79 Å². The first-order valence-corrected chi connectivity index (χ1v) is 13.2. The number of hydrogen-bond acceptors (Lipinski definition) is 18. The van der Waals surface area contributed by atoms with E-state index in [1.807, 2.05) is 0 Å². The summed E-state index contributed by atoms with van der Waals surface area (Å²) in [5.74, 6) is -5.74. The van der Waals surface area contributed by atoms with E-state index in [0.29, 0.717) is 0 Å². The Bertz CT molecular complexity index is 942. The molecule has 3 aliphatic rings. The number of aliphatic hydroxyl groups excluding tert-OH is 11. The molecule has 0 aromatic rings. The Morgan fingerprint density at radius 2 is 1.53 bits per heavy atom. The van der Waals surface area contributed by atoms with Gasteiger partial charge in [-0.3, -0.25) is 4.79 Å². The average molecular weight is 634 g/mol. The Morgan fingerprint density at radius 1 is 0.907 bits per heavy atom. The predicted molar refractivity (Wildman–Crippen MR) is 130 cm³/mol. The molecule has 7 unspecified atom stereocenters. The molecule has 1 amide bonds. The van der Waals surface area contributed by atoms with Gasteiger partial charge in [-0.05, 0) is 0 Å². The molecular weight excluding hydrogens is 594 g/mol. The van der Waals surface area contributed by atoms with Crippen LogP contribution in [0.15, 0.2) is 0 Å².